The van der Waals surface area contributed by atoms with Gasteiger partial charge < -0.3 is 4.74 Å². The van der Waals surface area contributed by atoms with Gasteiger partial charge in [0.25, 0.3) is 0 Å². The Kier molecular flexibility index (Phi) is 1.76. The molecule has 0 bridgehead atoms. The second-order valence-corrected chi connectivity index (χ2v) is 4.50. The molecule has 2 aliphatic rings. The van der Waals surface area contributed by atoms with E-state index in [-0.39, 0.29) is 17.5 Å². The third kappa shape index (κ3) is 1.11. The van der Waals surface area contributed by atoms with E-state index in [1.165, 1.54) is 24.8 Å². The van der Waals surface area contributed by atoms with Crippen LogP contribution in [0.25, 0.3) is 0 Å². The van der Waals surface area contributed by atoms with Gasteiger partial charge in [-0.3, -0.25) is 0 Å². The van der Waals surface area contributed by atoms with Gasteiger partial charge in [0.1, 0.15) is 6.10 Å². The zero-order valence-electron chi connectivity index (χ0n) is 8.52. The van der Waals surface area contributed by atoms with Gasteiger partial charge in [0, 0.05) is 5.57 Å². The zero-order valence-corrected chi connectivity index (χ0v) is 8.52. The molecular formula is C11H16O2. The predicted octanol–water partition coefficient (Wildman–Crippen LogP) is 2.44. The van der Waals surface area contributed by atoms with E-state index in [9.17, 15) is 4.79 Å². The highest BCUT2D eigenvalue weighted by molar-refractivity contribution is 5.92. The Morgan fingerprint density at radius 1 is 1.46 bits per heavy atom. The molecule has 0 aromatic heterocycles. The summed E-state index contributed by atoms with van der Waals surface area (Å²) in [4.78, 5) is 11.3. The van der Waals surface area contributed by atoms with Gasteiger partial charge >= 0.3 is 5.97 Å². The number of ether oxygens (including phenoxy) is 1. The molecule has 0 spiro atoms. The first kappa shape index (κ1) is 8.79. The molecule has 1 unspecified atom stereocenters. The van der Waals surface area contributed by atoms with Crippen molar-refractivity contribution in [2.75, 3.05) is 0 Å². The molecule has 0 aromatic rings. The summed E-state index contributed by atoms with van der Waals surface area (Å²) in [5.41, 5.74) is 2.37. The molecule has 0 amide bonds. The number of hydrogen-bond acceptors (Lipinski definition) is 2. The first-order chi connectivity index (χ1) is 6.04. The number of carbonyl (C=O) groups excluding carboxylic acids is 1. The summed E-state index contributed by atoms with van der Waals surface area (Å²) in [6.07, 6.45) is 3.72. The normalized spacial score (nSPS) is 31.6. The number of esters is 1. The van der Waals surface area contributed by atoms with Crippen LogP contribution in [0.15, 0.2) is 11.1 Å². The van der Waals surface area contributed by atoms with Crippen molar-refractivity contribution >= 4 is 5.97 Å². The Morgan fingerprint density at radius 3 is 2.38 bits per heavy atom. The van der Waals surface area contributed by atoms with Gasteiger partial charge in [-0.2, -0.15) is 0 Å². The molecule has 2 nitrogen and oxygen atoms in total. The third-order valence-corrected chi connectivity index (χ3v) is 3.51. The minimum Gasteiger partial charge on any atom is -0.455 e. The van der Waals surface area contributed by atoms with Crippen molar-refractivity contribution in [2.45, 2.75) is 46.1 Å². The zero-order chi connectivity index (χ0) is 9.64. The lowest BCUT2D eigenvalue weighted by molar-refractivity contribution is -0.139. The highest BCUT2D eigenvalue weighted by Gasteiger charge is 2.44. The van der Waals surface area contributed by atoms with E-state index in [0.29, 0.717) is 0 Å². The number of carbonyl (C=O) groups is 1. The van der Waals surface area contributed by atoms with E-state index in [0.717, 1.165) is 5.57 Å². The Morgan fingerprint density at radius 2 is 2.08 bits per heavy atom. The summed E-state index contributed by atoms with van der Waals surface area (Å²) in [5.74, 6) is -0.115. The molecule has 2 heteroatoms. The molecule has 1 aliphatic carbocycles. The number of cyclic esters (lactones) is 1. The van der Waals surface area contributed by atoms with Gasteiger partial charge in [-0.25, -0.2) is 4.79 Å². The lowest BCUT2D eigenvalue weighted by Gasteiger charge is -2.41. The molecule has 0 radical (unpaired) electrons. The molecule has 1 aliphatic heterocycles. The Hall–Kier alpha value is -0.790. The molecule has 72 valence electrons. The summed E-state index contributed by atoms with van der Waals surface area (Å²) in [5, 5.41) is 0. The second-order valence-electron chi connectivity index (χ2n) is 4.50. The molecule has 0 aromatic carbocycles. The summed E-state index contributed by atoms with van der Waals surface area (Å²) in [7, 11) is 0. The van der Waals surface area contributed by atoms with Gasteiger partial charge in [-0.15, -0.1) is 0 Å². The van der Waals surface area contributed by atoms with Crippen molar-refractivity contribution in [2.24, 2.45) is 5.41 Å². The summed E-state index contributed by atoms with van der Waals surface area (Å²) in [6.45, 7) is 6.12. The monoisotopic (exact) mass is 180 g/mol. The first-order valence-electron chi connectivity index (χ1n) is 4.97. The molecule has 0 N–H and O–H groups in total. The van der Waals surface area contributed by atoms with E-state index >= 15 is 0 Å². The van der Waals surface area contributed by atoms with Crippen molar-refractivity contribution in [1.29, 1.82) is 0 Å². The van der Waals surface area contributed by atoms with E-state index in [2.05, 4.69) is 6.92 Å². The quantitative estimate of drug-likeness (QED) is 0.579. The first-order valence-corrected chi connectivity index (χ1v) is 4.97. The van der Waals surface area contributed by atoms with Gasteiger partial charge in [0.15, 0.2) is 0 Å². The van der Waals surface area contributed by atoms with Crippen LogP contribution in [-0.4, -0.2) is 12.1 Å². The Labute approximate surface area is 79.0 Å². The largest absolute Gasteiger partial charge is 0.455 e. The van der Waals surface area contributed by atoms with Gasteiger partial charge in [-0.1, -0.05) is 13.3 Å². The fourth-order valence-corrected chi connectivity index (χ4v) is 2.64. The Bertz CT molecular complexity index is 284. The Balaban J connectivity index is 2.35. The fraction of sp³-hybridized carbons (Fsp3) is 0.727. The molecule has 1 heterocycles. The SMILES string of the molecule is CC1=C(C2(C)CCC2)C(C)OC1=O. The van der Waals surface area contributed by atoms with E-state index in [4.69, 9.17) is 4.74 Å². The van der Waals surface area contributed by atoms with E-state index in [1.54, 1.807) is 0 Å². The molecule has 0 saturated heterocycles. The van der Waals surface area contributed by atoms with Crippen LogP contribution in [0.4, 0.5) is 0 Å². The van der Waals surface area contributed by atoms with Gasteiger partial charge in [0.05, 0.1) is 0 Å². The number of hydrogen-bond donors (Lipinski definition) is 0. The van der Waals surface area contributed by atoms with Crippen LogP contribution in [0, 0.1) is 5.41 Å². The summed E-state index contributed by atoms with van der Waals surface area (Å²) < 4.78 is 5.20. The van der Waals surface area contributed by atoms with Crippen LogP contribution in [0.5, 0.6) is 0 Å². The smallest absolute Gasteiger partial charge is 0.334 e. The van der Waals surface area contributed by atoms with Crippen molar-refractivity contribution in [1.82, 2.24) is 0 Å². The van der Waals surface area contributed by atoms with Crippen LogP contribution in [0.3, 0.4) is 0 Å². The maximum absolute atomic E-state index is 11.3. The van der Waals surface area contributed by atoms with Crippen LogP contribution in [0.1, 0.15) is 40.0 Å². The van der Waals surface area contributed by atoms with Gasteiger partial charge in [0.2, 0.25) is 0 Å². The van der Waals surface area contributed by atoms with Crippen LogP contribution in [-0.2, 0) is 9.53 Å². The summed E-state index contributed by atoms with van der Waals surface area (Å²) >= 11 is 0. The third-order valence-electron chi connectivity index (χ3n) is 3.51. The lowest BCUT2D eigenvalue weighted by Crippen LogP contribution is -2.32. The molecule has 1 atom stereocenters. The van der Waals surface area contributed by atoms with Crippen LogP contribution < -0.4 is 0 Å². The second kappa shape index (κ2) is 2.60. The molecule has 1 fully saturated rings. The highest BCUT2D eigenvalue weighted by atomic mass is 16.5. The van der Waals surface area contributed by atoms with Crippen molar-refractivity contribution in [3.8, 4) is 0 Å². The summed E-state index contributed by atoms with van der Waals surface area (Å²) in [6, 6.07) is 0. The van der Waals surface area contributed by atoms with Crippen LogP contribution in [0.2, 0.25) is 0 Å². The standard InChI is InChI=1S/C11H16O2/c1-7-9(8(2)13-10(7)12)11(3)5-4-6-11/h8H,4-6H2,1-3H3. The highest BCUT2D eigenvalue weighted by Crippen LogP contribution is 2.50. The molecule has 2 rings (SSSR count). The van der Waals surface area contributed by atoms with E-state index in [1.807, 2.05) is 13.8 Å². The van der Waals surface area contributed by atoms with Gasteiger partial charge in [-0.05, 0) is 37.7 Å². The maximum atomic E-state index is 11.3. The maximum Gasteiger partial charge on any atom is 0.334 e. The predicted molar refractivity (Wildman–Crippen MR) is 50.2 cm³/mol. The lowest BCUT2D eigenvalue weighted by atomic mass is 9.63. The van der Waals surface area contributed by atoms with E-state index < -0.39 is 0 Å². The van der Waals surface area contributed by atoms with Crippen molar-refractivity contribution in [3.05, 3.63) is 11.1 Å². The number of rotatable bonds is 1. The minimum absolute atomic E-state index is 0.0119. The average Bonchev–Trinajstić information content (AvgIpc) is 2.23. The molecular weight excluding hydrogens is 164 g/mol. The van der Waals surface area contributed by atoms with Crippen molar-refractivity contribution < 1.29 is 9.53 Å². The minimum atomic E-state index is -0.115. The molecule has 13 heavy (non-hydrogen) atoms. The average molecular weight is 180 g/mol. The topological polar surface area (TPSA) is 26.3 Å². The molecule has 1 saturated carbocycles. The van der Waals surface area contributed by atoms with Crippen LogP contribution >= 0.6 is 0 Å². The van der Waals surface area contributed by atoms with Crippen molar-refractivity contribution in [3.63, 3.8) is 0 Å². The fourth-order valence-electron chi connectivity index (χ4n) is 2.64.